The van der Waals surface area contributed by atoms with E-state index in [2.05, 4.69) is 26.2 Å². The van der Waals surface area contributed by atoms with Crippen LogP contribution in [0.3, 0.4) is 0 Å². The molecule has 2 heterocycles. The van der Waals surface area contributed by atoms with Crippen molar-refractivity contribution in [1.82, 2.24) is 9.78 Å². The fraction of sp³-hybridized carbons (Fsp3) is 0.333. The molecule has 0 amide bonds. The van der Waals surface area contributed by atoms with Crippen molar-refractivity contribution in [3.05, 3.63) is 50.7 Å². The Morgan fingerprint density at radius 2 is 2.04 bits per heavy atom. The Bertz CT molecular complexity index is 834. The highest BCUT2D eigenvalue weighted by atomic mass is 79.9. The fourth-order valence-electron chi connectivity index (χ4n) is 2.61. The van der Waals surface area contributed by atoms with Crippen LogP contribution in [0.5, 0.6) is 0 Å². The predicted octanol–water partition coefficient (Wildman–Crippen LogP) is 4.89. The molecule has 0 saturated heterocycles. The maximum absolute atomic E-state index is 12.9. The summed E-state index contributed by atoms with van der Waals surface area (Å²) in [6.07, 6.45) is -4.19. The van der Waals surface area contributed by atoms with Crippen LogP contribution in [0, 0.1) is 0 Å². The Morgan fingerprint density at radius 3 is 2.62 bits per heavy atom. The lowest BCUT2D eigenvalue weighted by Gasteiger charge is -2.21. The minimum absolute atomic E-state index is 0.307. The van der Waals surface area contributed by atoms with Gasteiger partial charge in [-0.15, -0.1) is 0 Å². The Labute approximate surface area is 149 Å². The first-order valence-electron chi connectivity index (χ1n) is 6.92. The van der Waals surface area contributed by atoms with Gasteiger partial charge in [0.2, 0.25) is 0 Å². The second kappa shape index (κ2) is 5.77. The second-order valence-electron chi connectivity index (χ2n) is 5.70. The van der Waals surface area contributed by atoms with Crippen LogP contribution in [-0.4, -0.2) is 15.5 Å². The van der Waals surface area contributed by atoms with Crippen molar-refractivity contribution >= 4 is 33.2 Å². The molecule has 4 nitrogen and oxygen atoms in total. The zero-order chi connectivity index (χ0) is 17.7. The lowest BCUT2D eigenvalue weighted by Crippen LogP contribution is -2.25. The Hall–Kier alpha value is -1.54. The predicted molar refractivity (Wildman–Crippen MR) is 87.0 cm³/mol. The number of aryl methyl sites for hydroxylation is 1. The van der Waals surface area contributed by atoms with Gasteiger partial charge >= 0.3 is 6.18 Å². The zero-order valence-electron chi connectivity index (χ0n) is 12.7. The second-order valence-corrected chi connectivity index (χ2v) is 6.96. The average Bonchev–Trinajstić information content (AvgIpc) is 3.06. The van der Waals surface area contributed by atoms with Crippen LogP contribution in [0.1, 0.15) is 30.3 Å². The Balaban J connectivity index is 1.90. The van der Waals surface area contributed by atoms with Gasteiger partial charge in [-0.2, -0.15) is 18.3 Å². The van der Waals surface area contributed by atoms with Gasteiger partial charge in [-0.05, 0) is 41.1 Å². The van der Waals surface area contributed by atoms with Gasteiger partial charge < -0.3 is 4.84 Å². The van der Waals surface area contributed by atoms with Crippen molar-refractivity contribution < 1.29 is 18.0 Å². The van der Waals surface area contributed by atoms with Crippen LogP contribution >= 0.6 is 27.5 Å². The van der Waals surface area contributed by atoms with E-state index in [0.29, 0.717) is 27.3 Å². The average molecular weight is 423 g/mol. The molecule has 0 radical (unpaired) electrons. The van der Waals surface area contributed by atoms with Crippen molar-refractivity contribution in [2.24, 2.45) is 12.2 Å². The molecule has 2 aromatic rings. The largest absolute Gasteiger partial charge is 0.435 e. The molecule has 0 N–H and O–H groups in total. The molecular formula is C15H12BrClF3N3O. The zero-order valence-corrected chi connectivity index (χ0v) is 15.0. The third-order valence-corrected chi connectivity index (χ3v) is 5.04. The number of oxime groups is 1. The fourth-order valence-corrected chi connectivity index (χ4v) is 3.10. The highest BCUT2D eigenvalue weighted by Gasteiger charge is 2.43. The van der Waals surface area contributed by atoms with Crippen molar-refractivity contribution in [1.29, 1.82) is 0 Å². The topological polar surface area (TPSA) is 39.4 Å². The minimum atomic E-state index is -4.50. The molecular weight excluding hydrogens is 411 g/mol. The summed E-state index contributed by atoms with van der Waals surface area (Å²) in [6.45, 7) is 1.69. The molecule has 0 saturated carbocycles. The minimum Gasteiger partial charge on any atom is -0.382 e. The first kappa shape index (κ1) is 17.3. The highest BCUT2D eigenvalue weighted by molar-refractivity contribution is 9.10. The van der Waals surface area contributed by atoms with Crippen molar-refractivity contribution in [2.75, 3.05) is 0 Å². The van der Waals surface area contributed by atoms with Gasteiger partial charge in [0.15, 0.2) is 11.3 Å². The Morgan fingerprint density at radius 1 is 1.33 bits per heavy atom. The first-order chi connectivity index (χ1) is 11.1. The molecule has 1 unspecified atom stereocenters. The molecule has 0 fully saturated rings. The molecule has 1 aliphatic heterocycles. The lowest BCUT2D eigenvalue weighted by molar-refractivity contribution is -0.141. The van der Waals surface area contributed by atoms with E-state index in [1.165, 1.54) is 11.7 Å². The monoisotopic (exact) mass is 421 g/mol. The van der Waals surface area contributed by atoms with Crippen LogP contribution in [0.25, 0.3) is 0 Å². The van der Waals surface area contributed by atoms with Crippen molar-refractivity contribution in [3.8, 4) is 0 Å². The smallest absolute Gasteiger partial charge is 0.382 e. The number of hydrogen-bond acceptors (Lipinski definition) is 3. The maximum Gasteiger partial charge on any atom is 0.435 e. The third kappa shape index (κ3) is 3.04. The van der Waals surface area contributed by atoms with Gasteiger partial charge in [0.1, 0.15) is 0 Å². The van der Waals surface area contributed by atoms with Gasteiger partial charge in [0, 0.05) is 23.5 Å². The number of aromatic nitrogens is 2. The van der Waals surface area contributed by atoms with Gasteiger partial charge in [-0.25, -0.2) is 0 Å². The van der Waals surface area contributed by atoms with E-state index in [0.717, 1.165) is 11.6 Å². The summed E-state index contributed by atoms with van der Waals surface area (Å²) in [5.74, 6) is 0. The van der Waals surface area contributed by atoms with Gasteiger partial charge in [-0.3, -0.25) is 4.68 Å². The Kier molecular flexibility index (Phi) is 4.16. The molecule has 0 spiro atoms. The van der Waals surface area contributed by atoms with Crippen molar-refractivity contribution in [2.45, 2.75) is 25.1 Å². The number of nitrogens with zero attached hydrogens (tertiary/aromatic N) is 3. The molecule has 1 aromatic heterocycles. The number of alkyl halides is 3. The van der Waals surface area contributed by atoms with Crippen LogP contribution < -0.4 is 0 Å². The van der Waals surface area contributed by atoms with E-state index in [4.69, 9.17) is 16.4 Å². The standard InChI is InChI=1S/C15H12BrClF3N3O/c1-14(13-6-12(15(18,19)20)21-23(13)2)7-11(22-24-14)8-3-4-10(17)9(16)5-8/h3-6H,7H2,1-2H3. The van der Waals surface area contributed by atoms with E-state index >= 15 is 0 Å². The third-order valence-electron chi connectivity index (χ3n) is 3.83. The molecule has 3 rings (SSSR count). The summed E-state index contributed by atoms with van der Waals surface area (Å²) in [4.78, 5) is 5.48. The molecule has 1 atom stereocenters. The van der Waals surface area contributed by atoms with E-state index in [9.17, 15) is 13.2 Å². The highest BCUT2D eigenvalue weighted by Crippen LogP contribution is 2.39. The number of rotatable bonds is 2. The number of benzene rings is 1. The van der Waals surface area contributed by atoms with Crippen LogP contribution in [0.4, 0.5) is 13.2 Å². The van der Waals surface area contributed by atoms with Gasteiger partial charge in [0.25, 0.3) is 0 Å². The molecule has 0 aliphatic carbocycles. The summed E-state index contributed by atoms with van der Waals surface area (Å²) in [5.41, 5.74) is -0.251. The maximum atomic E-state index is 12.9. The molecule has 9 heteroatoms. The van der Waals surface area contributed by atoms with Crippen LogP contribution in [-0.2, 0) is 23.7 Å². The quantitative estimate of drug-likeness (QED) is 0.691. The molecule has 1 aliphatic rings. The van der Waals surface area contributed by atoms with Crippen molar-refractivity contribution in [3.63, 3.8) is 0 Å². The van der Waals surface area contributed by atoms with Crippen LogP contribution in [0.15, 0.2) is 33.9 Å². The number of hydrogen-bond donors (Lipinski definition) is 0. The normalized spacial score (nSPS) is 20.9. The summed E-state index contributed by atoms with van der Waals surface area (Å²) >= 11 is 9.31. The van der Waals surface area contributed by atoms with E-state index in [1.807, 2.05) is 0 Å². The van der Waals surface area contributed by atoms with Crippen LogP contribution in [0.2, 0.25) is 5.02 Å². The summed E-state index contributed by atoms with van der Waals surface area (Å²) in [6, 6.07) is 6.29. The first-order valence-corrected chi connectivity index (χ1v) is 8.09. The van der Waals surface area contributed by atoms with Gasteiger partial charge in [0.05, 0.1) is 16.4 Å². The molecule has 0 bridgehead atoms. The summed E-state index contributed by atoms with van der Waals surface area (Å²) in [7, 11) is 1.45. The lowest BCUT2D eigenvalue weighted by atomic mass is 9.92. The summed E-state index contributed by atoms with van der Waals surface area (Å²) in [5, 5.41) is 8.14. The van der Waals surface area contributed by atoms with E-state index < -0.39 is 17.5 Å². The SMILES string of the molecule is Cn1nc(C(F)(F)F)cc1C1(C)CC(c2ccc(Cl)c(Br)c2)=NO1. The molecule has 128 valence electrons. The summed E-state index contributed by atoms with van der Waals surface area (Å²) < 4.78 is 40.4. The number of halogens is 5. The van der Waals surface area contributed by atoms with E-state index in [1.54, 1.807) is 25.1 Å². The van der Waals surface area contributed by atoms with E-state index in [-0.39, 0.29) is 0 Å². The molecule has 1 aromatic carbocycles. The molecule has 24 heavy (non-hydrogen) atoms. The van der Waals surface area contributed by atoms with Gasteiger partial charge in [-0.1, -0.05) is 22.8 Å².